The van der Waals surface area contributed by atoms with E-state index < -0.39 is 0 Å². The van der Waals surface area contributed by atoms with E-state index in [1.807, 2.05) is 19.1 Å². The molecule has 0 bridgehead atoms. The summed E-state index contributed by atoms with van der Waals surface area (Å²) in [4.78, 5) is 0. The molecule has 20 heavy (non-hydrogen) atoms. The van der Waals surface area contributed by atoms with E-state index in [9.17, 15) is 5.11 Å². The van der Waals surface area contributed by atoms with Crippen molar-refractivity contribution in [2.24, 2.45) is 0 Å². The Morgan fingerprint density at radius 2 is 1.80 bits per heavy atom. The van der Waals surface area contributed by atoms with E-state index in [-0.39, 0.29) is 6.10 Å². The highest BCUT2D eigenvalue weighted by molar-refractivity contribution is 5.29. The van der Waals surface area contributed by atoms with Gasteiger partial charge < -0.3 is 9.84 Å². The lowest BCUT2D eigenvalue weighted by Crippen LogP contribution is -2.01. The molecule has 0 aromatic heterocycles. The molecule has 0 radical (unpaired) electrons. The van der Waals surface area contributed by atoms with Gasteiger partial charge in [-0.05, 0) is 49.9 Å². The standard InChI is InChI=1S/C18H22O2/c1-14-6-9-17(10-7-14)13-20-18-5-3-4-16(12-18)11-8-15(2)19/h3-7,9-10,12,15,19H,8,11,13H2,1-2H3. The first-order valence-electron chi connectivity index (χ1n) is 7.09. The lowest BCUT2D eigenvalue weighted by atomic mass is 10.1. The summed E-state index contributed by atoms with van der Waals surface area (Å²) in [7, 11) is 0. The summed E-state index contributed by atoms with van der Waals surface area (Å²) >= 11 is 0. The fraction of sp³-hybridized carbons (Fsp3) is 0.333. The molecular formula is C18H22O2. The highest BCUT2D eigenvalue weighted by Crippen LogP contribution is 2.17. The van der Waals surface area contributed by atoms with Gasteiger partial charge in [0, 0.05) is 0 Å². The summed E-state index contributed by atoms with van der Waals surface area (Å²) < 4.78 is 5.82. The van der Waals surface area contributed by atoms with Crippen LogP contribution in [0.4, 0.5) is 0 Å². The van der Waals surface area contributed by atoms with Crippen molar-refractivity contribution in [1.29, 1.82) is 0 Å². The average Bonchev–Trinajstić information content (AvgIpc) is 2.45. The van der Waals surface area contributed by atoms with Gasteiger partial charge in [0.15, 0.2) is 0 Å². The molecule has 2 aromatic rings. The summed E-state index contributed by atoms with van der Waals surface area (Å²) in [5.74, 6) is 0.883. The van der Waals surface area contributed by atoms with Crippen LogP contribution >= 0.6 is 0 Å². The molecule has 0 heterocycles. The molecule has 0 aliphatic carbocycles. The molecule has 2 aromatic carbocycles. The molecule has 0 aliphatic heterocycles. The molecule has 0 saturated heterocycles. The Morgan fingerprint density at radius 1 is 1.05 bits per heavy atom. The van der Waals surface area contributed by atoms with Crippen molar-refractivity contribution in [3.05, 3.63) is 65.2 Å². The van der Waals surface area contributed by atoms with Crippen LogP contribution in [0.2, 0.25) is 0 Å². The predicted octanol–water partition coefficient (Wildman–Crippen LogP) is 3.89. The third-order valence-corrected chi connectivity index (χ3v) is 3.28. The molecule has 2 nitrogen and oxygen atoms in total. The minimum Gasteiger partial charge on any atom is -0.489 e. The second-order valence-electron chi connectivity index (χ2n) is 5.31. The summed E-state index contributed by atoms with van der Waals surface area (Å²) in [6.07, 6.45) is 1.40. The summed E-state index contributed by atoms with van der Waals surface area (Å²) in [6.45, 7) is 4.48. The van der Waals surface area contributed by atoms with E-state index in [4.69, 9.17) is 4.74 Å². The first kappa shape index (κ1) is 14.6. The van der Waals surface area contributed by atoms with Crippen LogP contribution < -0.4 is 4.74 Å². The molecular weight excluding hydrogens is 248 g/mol. The van der Waals surface area contributed by atoms with Gasteiger partial charge >= 0.3 is 0 Å². The zero-order valence-electron chi connectivity index (χ0n) is 12.2. The molecule has 2 heteroatoms. The van der Waals surface area contributed by atoms with Gasteiger partial charge in [-0.25, -0.2) is 0 Å². The predicted molar refractivity (Wildman–Crippen MR) is 82.0 cm³/mol. The van der Waals surface area contributed by atoms with Crippen LogP contribution in [0.5, 0.6) is 5.75 Å². The van der Waals surface area contributed by atoms with Crippen LogP contribution in [0, 0.1) is 6.92 Å². The van der Waals surface area contributed by atoms with Crippen LogP contribution in [-0.4, -0.2) is 11.2 Å². The van der Waals surface area contributed by atoms with Crippen LogP contribution in [0.15, 0.2) is 48.5 Å². The van der Waals surface area contributed by atoms with Gasteiger partial charge in [-0.15, -0.1) is 0 Å². The van der Waals surface area contributed by atoms with Crippen LogP contribution in [0.1, 0.15) is 30.0 Å². The summed E-state index contributed by atoms with van der Waals surface area (Å²) in [5.41, 5.74) is 3.63. The van der Waals surface area contributed by atoms with Crippen molar-refractivity contribution in [2.75, 3.05) is 0 Å². The minimum atomic E-state index is -0.257. The molecule has 0 spiro atoms. The number of hydrogen-bond acceptors (Lipinski definition) is 2. The fourth-order valence-electron chi connectivity index (χ4n) is 2.02. The summed E-state index contributed by atoms with van der Waals surface area (Å²) in [5, 5.41) is 9.33. The molecule has 0 saturated carbocycles. The monoisotopic (exact) mass is 270 g/mol. The molecule has 0 amide bonds. The van der Waals surface area contributed by atoms with Crippen molar-refractivity contribution in [1.82, 2.24) is 0 Å². The number of rotatable bonds is 6. The van der Waals surface area contributed by atoms with Crippen molar-refractivity contribution >= 4 is 0 Å². The normalized spacial score (nSPS) is 12.2. The first-order valence-corrected chi connectivity index (χ1v) is 7.09. The van der Waals surface area contributed by atoms with Crippen molar-refractivity contribution in [3.8, 4) is 5.75 Å². The van der Waals surface area contributed by atoms with E-state index in [0.29, 0.717) is 6.61 Å². The molecule has 106 valence electrons. The van der Waals surface area contributed by atoms with E-state index in [2.05, 4.69) is 43.3 Å². The number of aryl methyl sites for hydroxylation is 2. The lowest BCUT2D eigenvalue weighted by molar-refractivity contribution is 0.185. The highest BCUT2D eigenvalue weighted by Gasteiger charge is 2.01. The number of benzene rings is 2. The SMILES string of the molecule is Cc1ccc(COc2cccc(CCC(C)O)c2)cc1. The Bertz CT molecular complexity index is 529. The summed E-state index contributed by atoms with van der Waals surface area (Å²) in [6, 6.07) is 16.5. The Labute approximate surface area is 121 Å². The number of aliphatic hydroxyl groups is 1. The topological polar surface area (TPSA) is 29.5 Å². The lowest BCUT2D eigenvalue weighted by Gasteiger charge is -2.09. The first-order chi connectivity index (χ1) is 9.63. The maximum atomic E-state index is 9.33. The van der Waals surface area contributed by atoms with Crippen molar-refractivity contribution in [2.45, 2.75) is 39.4 Å². The smallest absolute Gasteiger partial charge is 0.120 e. The maximum absolute atomic E-state index is 9.33. The molecule has 0 aliphatic rings. The van der Waals surface area contributed by atoms with E-state index in [0.717, 1.165) is 18.6 Å². The molecule has 1 N–H and O–H groups in total. The number of aliphatic hydroxyl groups excluding tert-OH is 1. The quantitative estimate of drug-likeness (QED) is 0.863. The van der Waals surface area contributed by atoms with Gasteiger partial charge in [0.2, 0.25) is 0 Å². The minimum absolute atomic E-state index is 0.257. The van der Waals surface area contributed by atoms with Gasteiger partial charge in [0.25, 0.3) is 0 Å². The van der Waals surface area contributed by atoms with Gasteiger partial charge in [-0.3, -0.25) is 0 Å². The Balaban J connectivity index is 1.92. The van der Waals surface area contributed by atoms with Gasteiger partial charge in [0.05, 0.1) is 6.10 Å². The van der Waals surface area contributed by atoms with E-state index >= 15 is 0 Å². The van der Waals surface area contributed by atoms with Crippen LogP contribution in [-0.2, 0) is 13.0 Å². The highest BCUT2D eigenvalue weighted by atomic mass is 16.5. The number of ether oxygens (including phenoxy) is 1. The Morgan fingerprint density at radius 3 is 2.50 bits per heavy atom. The third kappa shape index (κ3) is 4.71. The Hall–Kier alpha value is -1.80. The molecule has 2 rings (SSSR count). The maximum Gasteiger partial charge on any atom is 0.120 e. The van der Waals surface area contributed by atoms with Gasteiger partial charge in [-0.2, -0.15) is 0 Å². The van der Waals surface area contributed by atoms with Crippen LogP contribution in [0.25, 0.3) is 0 Å². The number of hydrogen-bond donors (Lipinski definition) is 1. The Kier molecular flexibility index (Phi) is 5.19. The third-order valence-electron chi connectivity index (χ3n) is 3.28. The van der Waals surface area contributed by atoms with Crippen molar-refractivity contribution in [3.63, 3.8) is 0 Å². The molecule has 1 unspecified atom stereocenters. The fourth-order valence-corrected chi connectivity index (χ4v) is 2.02. The average molecular weight is 270 g/mol. The second kappa shape index (κ2) is 7.11. The van der Waals surface area contributed by atoms with E-state index in [1.165, 1.54) is 16.7 Å². The van der Waals surface area contributed by atoms with Gasteiger partial charge in [0.1, 0.15) is 12.4 Å². The zero-order valence-corrected chi connectivity index (χ0v) is 12.2. The molecule has 1 atom stereocenters. The van der Waals surface area contributed by atoms with E-state index in [1.54, 1.807) is 0 Å². The second-order valence-corrected chi connectivity index (χ2v) is 5.31. The van der Waals surface area contributed by atoms with Crippen molar-refractivity contribution < 1.29 is 9.84 Å². The molecule has 0 fully saturated rings. The largest absolute Gasteiger partial charge is 0.489 e. The zero-order chi connectivity index (χ0) is 14.4. The van der Waals surface area contributed by atoms with Crippen LogP contribution in [0.3, 0.4) is 0 Å². The van der Waals surface area contributed by atoms with Gasteiger partial charge in [-0.1, -0.05) is 42.0 Å².